The maximum absolute atomic E-state index is 13.7. The lowest BCUT2D eigenvalue weighted by molar-refractivity contribution is 0.596. The minimum atomic E-state index is -3.87. The van der Waals surface area contributed by atoms with E-state index in [1.165, 1.54) is 18.3 Å². The van der Waals surface area contributed by atoms with Crippen molar-refractivity contribution in [2.24, 2.45) is 0 Å². The van der Waals surface area contributed by atoms with Gasteiger partial charge in [0.15, 0.2) is 5.03 Å². The SMILES string of the molecule is Cc1[nH]c2ccc(F)cc2c1Cc1cccnc1S(=O)(=O)Nc1ccccc1. The average molecular weight is 395 g/mol. The van der Waals surface area contributed by atoms with Gasteiger partial charge in [-0.15, -0.1) is 0 Å². The van der Waals surface area contributed by atoms with Crippen LogP contribution in [-0.2, 0) is 16.4 Å². The van der Waals surface area contributed by atoms with Crippen molar-refractivity contribution in [2.45, 2.75) is 18.4 Å². The molecule has 5 nitrogen and oxygen atoms in total. The van der Waals surface area contributed by atoms with Crippen molar-refractivity contribution in [2.75, 3.05) is 4.72 Å². The van der Waals surface area contributed by atoms with Crippen molar-refractivity contribution >= 4 is 26.6 Å². The first-order valence-corrected chi connectivity index (χ1v) is 10.2. The summed E-state index contributed by atoms with van der Waals surface area (Å²) >= 11 is 0. The summed E-state index contributed by atoms with van der Waals surface area (Å²) in [6, 6.07) is 16.6. The van der Waals surface area contributed by atoms with Crippen molar-refractivity contribution in [1.29, 1.82) is 0 Å². The van der Waals surface area contributed by atoms with Gasteiger partial charge in [-0.1, -0.05) is 24.3 Å². The second-order valence-corrected chi connectivity index (χ2v) is 8.13. The van der Waals surface area contributed by atoms with Crippen LogP contribution in [0.15, 0.2) is 71.9 Å². The van der Waals surface area contributed by atoms with E-state index >= 15 is 0 Å². The summed E-state index contributed by atoms with van der Waals surface area (Å²) in [7, 11) is -3.87. The van der Waals surface area contributed by atoms with E-state index in [4.69, 9.17) is 0 Å². The number of aromatic amines is 1. The highest BCUT2D eigenvalue weighted by Gasteiger charge is 2.22. The van der Waals surface area contributed by atoms with Crippen LogP contribution in [0.3, 0.4) is 0 Å². The number of hydrogen-bond acceptors (Lipinski definition) is 3. The van der Waals surface area contributed by atoms with Crippen LogP contribution in [0.25, 0.3) is 10.9 Å². The zero-order valence-electron chi connectivity index (χ0n) is 15.1. The lowest BCUT2D eigenvalue weighted by Crippen LogP contribution is -2.16. The maximum atomic E-state index is 13.7. The maximum Gasteiger partial charge on any atom is 0.279 e. The van der Waals surface area contributed by atoms with Crippen molar-refractivity contribution in [3.8, 4) is 0 Å². The lowest BCUT2D eigenvalue weighted by Gasteiger charge is -2.11. The smallest absolute Gasteiger partial charge is 0.279 e. The fourth-order valence-electron chi connectivity index (χ4n) is 3.28. The first-order valence-electron chi connectivity index (χ1n) is 8.72. The van der Waals surface area contributed by atoms with Crippen LogP contribution < -0.4 is 4.72 Å². The summed E-state index contributed by atoms with van der Waals surface area (Å²) in [4.78, 5) is 7.34. The summed E-state index contributed by atoms with van der Waals surface area (Å²) in [6.07, 6.45) is 1.76. The molecule has 0 radical (unpaired) electrons. The molecule has 142 valence electrons. The number of anilines is 1. The molecular weight excluding hydrogens is 377 g/mol. The number of halogens is 1. The Labute approximate surface area is 162 Å². The molecule has 4 aromatic rings. The molecule has 0 atom stereocenters. The normalized spacial score (nSPS) is 11.6. The molecule has 0 fully saturated rings. The average Bonchev–Trinajstić information content (AvgIpc) is 2.97. The van der Waals surface area contributed by atoms with Gasteiger partial charge in [-0.3, -0.25) is 4.72 Å². The van der Waals surface area contributed by atoms with E-state index in [2.05, 4.69) is 14.7 Å². The number of aryl methyl sites for hydroxylation is 1. The molecule has 0 saturated carbocycles. The highest BCUT2D eigenvalue weighted by atomic mass is 32.2. The molecule has 0 unspecified atom stereocenters. The summed E-state index contributed by atoms with van der Waals surface area (Å²) in [5, 5.41) is 0.699. The van der Waals surface area contributed by atoms with E-state index in [0.717, 1.165) is 22.2 Å². The number of sulfonamides is 1. The molecule has 2 N–H and O–H groups in total. The standard InChI is InChI=1S/C21H18FN3O2S/c1-14-18(19-13-16(22)9-10-20(19)24-14)12-15-6-5-11-23-21(15)28(26,27)25-17-7-3-2-4-8-17/h2-11,13,24-25H,12H2,1H3. The van der Waals surface area contributed by atoms with Crippen LogP contribution in [0.4, 0.5) is 10.1 Å². The van der Waals surface area contributed by atoms with Crippen LogP contribution in [0.1, 0.15) is 16.8 Å². The summed E-state index contributed by atoms with van der Waals surface area (Å²) in [5.74, 6) is -0.336. The van der Waals surface area contributed by atoms with E-state index in [1.807, 2.05) is 13.0 Å². The molecule has 28 heavy (non-hydrogen) atoms. The number of fused-ring (bicyclic) bond motifs is 1. The lowest BCUT2D eigenvalue weighted by atomic mass is 10.0. The van der Waals surface area contributed by atoms with E-state index < -0.39 is 10.0 Å². The van der Waals surface area contributed by atoms with Crippen molar-refractivity contribution in [3.63, 3.8) is 0 Å². The first-order chi connectivity index (χ1) is 13.4. The van der Waals surface area contributed by atoms with Crippen LogP contribution in [0.5, 0.6) is 0 Å². The van der Waals surface area contributed by atoms with Crippen LogP contribution in [0, 0.1) is 12.7 Å². The molecule has 2 aromatic carbocycles. The predicted molar refractivity (Wildman–Crippen MR) is 107 cm³/mol. The third kappa shape index (κ3) is 3.48. The van der Waals surface area contributed by atoms with Gasteiger partial charge in [0.25, 0.3) is 10.0 Å². The fourth-order valence-corrected chi connectivity index (χ4v) is 4.51. The largest absolute Gasteiger partial charge is 0.358 e. The number of pyridine rings is 1. The number of aromatic nitrogens is 2. The van der Waals surface area contributed by atoms with Crippen LogP contribution >= 0.6 is 0 Å². The highest BCUT2D eigenvalue weighted by molar-refractivity contribution is 7.92. The number of para-hydroxylation sites is 1. The molecule has 0 bridgehead atoms. The van der Waals surface area contributed by atoms with Gasteiger partial charge in [0, 0.05) is 34.9 Å². The highest BCUT2D eigenvalue weighted by Crippen LogP contribution is 2.27. The van der Waals surface area contributed by atoms with Crippen molar-refractivity contribution in [3.05, 3.63) is 89.5 Å². The zero-order valence-corrected chi connectivity index (χ0v) is 15.9. The van der Waals surface area contributed by atoms with Crippen LogP contribution in [0.2, 0.25) is 0 Å². The summed E-state index contributed by atoms with van der Waals surface area (Å²) in [6.45, 7) is 1.89. The molecule has 2 heterocycles. The molecule has 0 amide bonds. The van der Waals surface area contributed by atoms with E-state index in [1.54, 1.807) is 42.5 Å². The third-order valence-electron chi connectivity index (χ3n) is 4.58. The number of nitrogens with one attached hydrogen (secondary N) is 2. The van der Waals surface area contributed by atoms with Gasteiger partial charge in [0.1, 0.15) is 5.82 Å². The van der Waals surface area contributed by atoms with Gasteiger partial charge in [-0.05, 0) is 54.4 Å². The minimum absolute atomic E-state index is 0.0380. The van der Waals surface area contributed by atoms with E-state index in [9.17, 15) is 12.8 Å². The molecule has 4 rings (SSSR count). The first kappa shape index (κ1) is 18.2. The number of benzene rings is 2. The molecular formula is C21H18FN3O2S. The Kier molecular flexibility index (Phi) is 4.60. The Morgan fingerprint density at radius 1 is 1.07 bits per heavy atom. The Morgan fingerprint density at radius 2 is 1.86 bits per heavy atom. The molecule has 0 aliphatic carbocycles. The number of H-pyrrole nitrogens is 1. The zero-order chi connectivity index (χ0) is 19.7. The quantitative estimate of drug-likeness (QED) is 0.526. The molecule has 2 aromatic heterocycles. The van der Waals surface area contributed by atoms with Gasteiger partial charge >= 0.3 is 0 Å². The summed E-state index contributed by atoms with van der Waals surface area (Å²) < 4.78 is 42.1. The van der Waals surface area contributed by atoms with Gasteiger partial charge in [-0.25, -0.2) is 9.37 Å². The molecule has 0 aliphatic heterocycles. The molecule has 0 aliphatic rings. The van der Waals surface area contributed by atoms with Gasteiger partial charge in [-0.2, -0.15) is 8.42 Å². The number of rotatable bonds is 5. The molecule has 0 spiro atoms. The number of hydrogen-bond donors (Lipinski definition) is 2. The van der Waals surface area contributed by atoms with E-state index in [-0.39, 0.29) is 10.8 Å². The van der Waals surface area contributed by atoms with Gasteiger partial charge < -0.3 is 4.98 Å². The van der Waals surface area contributed by atoms with Crippen molar-refractivity contribution in [1.82, 2.24) is 9.97 Å². The fraction of sp³-hybridized carbons (Fsp3) is 0.0952. The topological polar surface area (TPSA) is 74.8 Å². The minimum Gasteiger partial charge on any atom is -0.358 e. The molecule has 7 heteroatoms. The second kappa shape index (κ2) is 7.09. The summed E-state index contributed by atoms with van der Waals surface area (Å²) in [5.41, 5.74) is 3.52. The monoisotopic (exact) mass is 395 g/mol. The Hall–Kier alpha value is -3.19. The Bertz CT molecular complexity index is 1250. The third-order valence-corrected chi connectivity index (χ3v) is 5.96. The van der Waals surface area contributed by atoms with Gasteiger partial charge in [0.05, 0.1) is 0 Å². The second-order valence-electron chi connectivity index (χ2n) is 6.53. The molecule has 0 saturated heterocycles. The van der Waals surface area contributed by atoms with E-state index in [0.29, 0.717) is 17.7 Å². The Morgan fingerprint density at radius 3 is 2.64 bits per heavy atom. The Balaban J connectivity index is 1.75. The predicted octanol–water partition coefficient (Wildman–Crippen LogP) is 4.40. The number of nitrogens with zero attached hydrogens (tertiary/aromatic N) is 1. The van der Waals surface area contributed by atoms with Gasteiger partial charge in [0.2, 0.25) is 0 Å². The van der Waals surface area contributed by atoms with Crippen molar-refractivity contribution < 1.29 is 12.8 Å². The van der Waals surface area contributed by atoms with Crippen LogP contribution in [-0.4, -0.2) is 18.4 Å².